The predicted octanol–water partition coefficient (Wildman–Crippen LogP) is 6.22. The quantitative estimate of drug-likeness (QED) is 0.520. The van der Waals surface area contributed by atoms with Gasteiger partial charge in [0.15, 0.2) is 0 Å². The predicted molar refractivity (Wildman–Crippen MR) is 67.5 cm³/mol. The molecule has 0 saturated heterocycles. The van der Waals surface area contributed by atoms with E-state index in [0.29, 0.717) is 21.5 Å². The Kier molecular flexibility index (Phi) is 3.90. The maximum atomic E-state index is 12.7. The maximum Gasteiger partial charge on any atom is 0.416 e. The van der Waals surface area contributed by atoms with Gasteiger partial charge in [-0.15, -0.1) is 11.3 Å². The standard InChI is InChI=1S/C12H5BrF6S/c13-10-9(1-2-20-10)6-3-7(11(14,15)16)5-8(4-6)12(17,18)19/h1-5H. The molecule has 0 unspecified atom stereocenters. The molecule has 0 fully saturated rings. The summed E-state index contributed by atoms with van der Waals surface area (Å²) in [6.07, 6.45) is -9.67. The van der Waals surface area contributed by atoms with Gasteiger partial charge in [0.05, 0.1) is 14.9 Å². The second kappa shape index (κ2) is 5.07. The number of hydrogen-bond acceptors (Lipinski definition) is 1. The molecule has 2 rings (SSSR count). The van der Waals surface area contributed by atoms with Crippen molar-refractivity contribution in [2.45, 2.75) is 12.4 Å². The summed E-state index contributed by atoms with van der Waals surface area (Å²) in [6.45, 7) is 0. The molecule has 0 spiro atoms. The van der Waals surface area contributed by atoms with Crippen LogP contribution in [0.15, 0.2) is 33.4 Å². The highest BCUT2D eigenvalue weighted by Crippen LogP contribution is 2.41. The number of benzene rings is 1. The average molecular weight is 375 g/mol. The van der Waals surface area contributed by atoms with Crippen LogP contribution in [0.2, 0.25) is 0 Å². The zero-order valence-electron chi connectivity index (χ0n) is 9.44. The van der Waals surface area contributed by atoms with Gasteiger partial charge in [-0.05, 0) is 51.1 Å². The minimum absolute atomic E-state index is 0.115. The summed E-state index contributed by atoms with van der Waals surface area (Å²) in [4.78, 5) is 0. The van der Waals surface area contributed by atoms with Crippen LogP contribution in [0.4, 0.5) is 26.3 Å². The summed E-state index contributed by atoms with van der Waals surface area (Å²) in [5, 5.41) is 1.58. The van der Waals surface area contributed by atoms with E-state index in [4.69, 9.17) is 0 Å². The smallest absolute Gasteiger partial charge is 0.166 e. The minimum atomic E-state index is -4.83. The Balaban J connectivity index is 2.67. The van der Waals surface area contributed by atoms with Crippen LogP contribution in [0, 0.1) is 0 Å². The van der Waals surface area contributed by atoms with Crippen molar-refractivity contribution in [2.24, 2.45) is 0 Å². The zero-order chi connectivity index (χ0) is 15.1. The molecular formula is C12H5BrF6S. The van der Waals surface area contributed by atoms with Gasteiger partial charge in [-0.2, -0.15) is 26.3 Å². The zero-order valence-corrected chi connectivity index (χ0v) is 11.8. The van der Waals surface area contributed by atoms with Crippen LogP contribution in [0.1, 0.15) is 11.1 Å². The Morgan fingerprint density at radius 3 is 1.70 bits per heavy atom. The Bertz CT molecular complexity index is 593. The van der Waals surface area contributed by atoms with Crippen LogP contribution >= 0.6 is 27.3 Å². The Labute approximate surface area is 122 Å². The molecule has 20 heavy (non-hydrogen) atoms. The number of alkyl halides is 6. The summed E-state index contributed by atoms with van der Waals surface area (Å²) in [5.41, 5.74) is -2.47. The first-order chi connectivity index (χ1) is 9.09. The molecule has 8 heteroatoms. The summed E-state index contributed by atoms with van der Waals surface area (Å²) in [7, 11) is 0. The van der Waals surface area contributed by atoms with Crippen molar-refractivity contribution >= 4 is 27.3 Å². The molecule has 0 aliphatic rings. The fourth-order valence-corrected chi connectivity index (χ4v) is 2.93. The number of rotatable bonds is 1. The SMILES string of the molecule is FC(F)(F)c1cc(-c2ccsc2Br)cc(C(F)(F)F)c1. The lowest BCUT2D eigenvalue weighted by Gasteiger charge is -2.14. The van der Waals surface area contributed by atoms with E-state index in [0.717, 1.165) is 0 Å². The van der Waals surface area contributed by atoms with Crippen LogP contribution in [0.25, 0.3) is 11.1 Å². The van der Waals surface area contributed by atoms with Gasteiger partial charge in [0.2, 0.25) is 0 Å². The molecule has 0 bridgehead atoms. The van der Waals surface area contributed by atoms with Crippen LogP contribution in [-0.2, 0) is 12.4 Å². The van der Waals surface area contributed by atoms with Gasteiger partial charge < -0.3 is 0 Å². The van der Waals surface area contributed by atoms with E-state index >= 15 is 0 Å². The molecule has 1 heterocycles. The van der Waals surface area contributed by atoms with Gasteiger partial charge in [0, 0.05) is 5.56 Å². The molecule has 1 aromatic heterocycles. The third-order valence-electron chi connectivity index (χ3n) is 2.52. The molecule has 0 amide bonds. The molecule has 0 radical (unpaired) electrons. The second-order valence-corrected chi connectivity index (χ2v) is 6.14. The van der Waals surface area contributed by atoms with Crippen molar-refractivity contribution < 1.29 is 26.3 Å². The van der Waals surface area contributed by atoms with Gasteiger partial charge >= 0.3 is 12.4 Å². The topological polar surface area (TPSA) is 0 Å². The monoisotopic (exact) mass is 374 g/mol. The van der Waals surface area contributed by atoms with E-state index in [9.17, 15) is 26.3 Å². The second-order valence-electron chi connectivity index (χ2n) is 3.90. The van der Waals surface area contributed by atoms with Crippen LogP contribution in [-0.4, -0.2) is 0 Å². The fraction of sp³-hybridized carbons (Fsp3) is 0.167. The number of thiophene rings is 1. The molecule has 2 aromatic rings. The number of hydrogen-bond donors (Lipinski definition) is 0. The van der Waals surface area contributed by atoms with Gasteiger partial charge in [0.25, 0.3) is 0 Å². The van der Waals surface area contributed by atoms with Gasteiger partial charge in [0.1, 0.15) is 0 Å². The summed E-state index contributed by atoms with van der Waals surface area (Å²) in [6, 6.07) is 3.00. The Hall–Kier alpha value is -1.02. The number of halogens is 7. The van der Waals surface area contributed by atoms with Crippen LogP contribution in [0.3, 0.4) is 0 Å². The molecule has 1 aromatic carbocycles. The van der Waals surface area contributed by atoms with Gasteiger partial charge in [-0.25, -0.2) is 0 Å². The molecule has 0 aliphatic carbocycles. The molecule has 0 nitrogen and oxygen atoms in total. The van der Waals surface area contributed by atoms with E-state index in [1.54, 1.807) is 5.38 Å². The highest BCUT2D eigenvalue weighted by atomic mass is 79.9. The van der Waals surface area contributed by atoms with Crippen molar-refractivity contribution in [3.8, 4) is 11.1 Å². The first kappa shape index (κ1) is 15.4. The molecule has 0 N–H and O–H groups in total. The third-order valence-corrected chi connectivity index (χ3v) is 4.20. The van der Waals surface area contributed by atoms with Crippen molar-refractivity contribution in [2.75, 3.05) is 0 Å². The largest absolute Gasteiger partial charge is 0.416 e. The molecular weight excluding hydrogens is 370 g/mol. The Morgan fingerprint density at radius 2 is 1.35 bits per heavy atom. The van der Waals surface area contributed by atoms with Gasteiger partial charge in [-0.3, -0.25) is 0 Å². The highest BCUT2D eigenvalue weighted by Gasteiger charge is 2.37. The molecule has 0 aliphatic heterocycles. The van der Waals surface area contributed by atoms with Crippen molar-refractivity contribution in [1.82, 2.24) is 0 Å². The third kappa shape index (κ3) is 3.17. The lowest BCUT2D eigenvalue weighted by molar-refractivity contribution is -0.143. The maximum absolute atomic E-state index is 12.7. The summed E-state index contributed by atoms with van der Waals surface area (Å²) in [5.74, 6) is 0. The van der Waals surface area contributed by atoms with Crippen molar-refractivity contribution in [3.05, 3.63) is 44.6 Å². The van der Waals surface area contributed by atoms with E-state index in [1.807, 2.05) is 0 Å². The minimum Gasteiger partial charge on any atom is -0.166 e. The first-order valence-electron chi connectivity index (χ1n) is 5.12. The van der Waals surface area contributed by atoms with E-state index in [1.165, 1.54) is 17.4 Å². The highest BCUT2D eigenvalue weighted by molar-refractivity contribution is 9.11. The summed E-state index contributed by atoms with van der Waals surface area (Å²) >= 11 is 4.29. The molecule has 108 valence electrons. The van der Waals surface area contributed by atoms with Crippen LogP contribution < -0.4 is 0 Å². The van der Waals surface area contributed by atoms with E-state index in [2.05, 4.69) is 15.9 Å². The average Bonchev–Trinajstić information content (AvgIpc) is 2.72. The van der Waals surface area contributed by atoms with Crippen molar-refractivity contribution in [3.63, 3.8) is 0 Å². The van der Waals surface area contributed by atoms with E-state index < -0.39 is 23.5 Å². The summed E-state index contributed by atoms with van der Waals surface area (Å²) < 4.78 is 76.7. The molecule has 0 atom stereocenters. The Morgan fingerprint density at radius 1 is 0.850 bits per heavy atom. The normalized spacial score (nSPS) is 12.8. The fourth-order valence-electron chi connectivity index (χ4n) is 1.61. The molecule has 0 saturated carbocycles. The van der Waals surface area contributed by atoms with Crippen LogP contribution in [0.5, 0.6) is 0 Å². The van der Waals surface area contributed by atoms with E-state index in [-0.39, 0.29) is 11.6 Å². The van der Waals surface area contributed by atoms with Gasteiger partial charge in [-0.1, -0.05) is 0 Å². The van der Waals surface area contributed by atoms with Crippen molar-refractivity contribution in [1.29, 1.82) is 0 Å². The first-order valence-corrected chi connectivity index (χ1v) is 6.79. The lowest BCUT2D eigenvalue weighted by atomic mass is 10.0. The lowest BCUT2D eigenvalue weighted by Crippen LogP contribution is -2.11.